The summed E-state index contributed by atoms with van der Waals surface area (Å²) in [6.45, 7) is 13.6. The van der Waals surface area contributed by atoms with Crippen molar-refractivity contribution in [3.05, 3.63) is 113 Å². The highest BCUT2D eigenvalue weighted by Crippen LogP contribution is 2.47. The zero-order chi connectivity index (χ0) is 25.7. The van der Waals surface area contributed by atoms with Gasteiger partial charge < -0.3 is 4.90 Å². The average molecular weight is 537 g/mol. The second-order valence-corrected chi connectivity index (χ2v) is 12.5. The number of halogens is 1. The van der Waals surface area contributed by atoms with Gasteiger partial charge in [0.2, 0.25) is 0 Å². The Hall–Kier alpha value is -3.10. The van der Waals surface area contributed by atoms with Crippen LogP contribution in [0.5, 0.6) is 0 Å². The lowest BCUT2D eigenvalue weighted by Crippen LogP contribution is -2.15. The summed E-state index contributed by atoms with van der Waals surface area (Å²) in [6, 6.07) is 35.6. The van der Waals surface area contributed by atoms with Gasteiger partial charge in [-0.3, -0.25) is 0 Å². The molecule has 0 aliphatic heterocycles. The summed E-state index contributed by atoms with van der Waals surface area (Å²) >= 11 is 3.92. The lowest BCUT2D eigenvalue weighted by atomic mass is 9.86. The van der Waals surface area contributed by atoms with Crippen LogP contribution in [-0.2, 0) is 10.8 Å². The molecular formula is C34H34BrN. The van der Waals surface area contributed by atoms with Crippen LogP contribution >= 0.6 is 15.9 Å². The number of hydrogen-bond acceptors (Lipinski definition) is 1. The van der Waals surface area contributed by atoms with Crippen molar-refractivity contribution in [2.75, 3.05) is 4.90 Å². The van der Waals surface area contributed by atoms with Gasteiger partial charge in [-0.15, -0.1) is 0 Å². The standard InChI is InChI=1S/C34H34BrN/c1-33(2,3)23-15-19-25(20-16-23)36(26-21-17-24(18-22-26)34(4,5)6)32-29-13-9-7-11-27(29)31(35)28-12-8-10-14-30(28)32/h7-22H,1-6H3. The Labute approximate surface area is 223 Å². The van der Waals surface area contributed by atoms with Gasteiger partial charge in [-0.2, -0.15) is 0 Å². The van der Waals surface area contributed by atoms with Gasteiger partial charge in [-0.25, -0.2) is 0 Å². The number of hydrogen-bond donors (Lipinski definition) is 0. The van der Waals surface area contributed by atoms with Crippen LogP contribution in [0.2, 0.25) is 0 Å². The highest BCUT2D eigenvalue weighted by molar-refractivity contribution is 9.10. The van der Waals surface area contributed by atoms with E-state index < -0.39 is 0 Å². The monoisotopic (exact) mass is 535 g/mol. The summed E-state index contributed by atoms with van der Waals surface area (Å²) in [6.07, 6.45) is 0. The van der Waals surface area contributed by atoms with E-state index in [1.165, 1.54) is 38.4 Å². The predicted octanol–water partition coefficient (Wildman–Crippen LogP) is 10.8. The Kier molecular flexibility index (Phi) is 6.21. The number of fused-ring (bicyclic) bond motifs is 2. The third-order valence-electron chi connectivity index (χ3n) is 7.04. The molecular weight excluding hydrogens is 502 g/mol. The molecule has 5 aromatic carbocycles. The Balaban J connectivity index is 1.83. The van der Waals surface area contributed by atoms with Gasteiger partial charge in [-0.05, 0) is 72.9 Å². The molecule has 0 spiro atoms. The van der Waals surface area contributed by atoms with Crippen LogP contribution in [-0.4, -0.2) is 0 Å². The minimum absolute atomic E-state index is 0.106. The van der Waals surface area contributed by atoms with Crippen molar-refractivity contribution in [3.63, 3.8) is 0 Å². The van der Waals surface area contributed by atoms with Crippen molar-refractivity contribution in [3.8, 4) is 0 Å². The molecule has 36 heavy (non-hydrogen) atoms. The van der Waals surface area contributed by atoms with Crippen molar-refractivity contribution in [1.29, 1.82) is 0 Å². The zero-order valence-electron chi connectivity index (χ0n) is 22.1. The van der Waals surface area contributed by atoms with Crippen LogP contribution in [0.4, 0.5) is 17.1 Å². The maximum Gasteiger partial charge on any atom is 0.0619 e. The molecule has 2 heteroatoms. The minimum Gasteiger partial charge on any atom is -0.309 e. The summed E-state index contributed by atoms with van der Waals surface area (Å²) in [5, 5.41) is 4.88. The lowest BCUT2D eigenvalue weighted by Gasteiger charge is -2.30. The van der Waals surface area contributed by atoms with Gasteiger partial charge in [0.05, 0.1) is 5.69 Å². The number of anilines is 3. The quantitative estimate of drug-likeness (QED) is 0.207. The maximum absolute atomic E-state index is 3.92. The second kappa shape index (κ2) is 9.09. The predicted molar refractivity (Wildman–Crippen MR) is 161 cm³/mol. The Morgan fingerprint density at radius 1 is 0.472 bits per heavy atom. The highest BCUT2D eigenvalue weighted by atomic mass is 79.9. The van der Waals surface area contributed by atoms with Crippen LogP contribution in [0.1, 0.15) is 52.7 Å². The molecule has 5 aromatic rings. The first-order valence-electron chi connectivity index (χ1n) is 12.7. The molecule has 0 heterocycles. The number of benzene rings is 5. The summed E-state index contributed by atoms with van der Waals surface area (Å²) < 4.78 is 1.14. The molecule has 0 aliphatic carbocycles. The first kappa shape index (κ1) is 24.6. The third kappa shape index (κ3) is 4.44. The molecule has 1 nitrogen and oxygen atoms in total. The molecule has 0 saturated heterocycles. The summed E-state index contributed by atoms with van der Waals surface area (Å²) in [7, 11) is 0. The highest BCUT2D eigenvalue weighted by Gasteiger charge is 2.22. The van der Waals surface area contributed by atoms with E-state index in [0.29, 0.717) is 0 Å². The van der Waals surface area contributed by atoms with Crippen molar-refractivity contribution in [1.82, 2.24) is 0 Å². The third-order valence-corrected chi connectivity index (χ3v) is 7.90. The Morgan fingerprint density at radius 3 is 1.14 bits per heavy atom. The van der Waals surface area contributed by atoms with E-state index in [1.807, 2.05) is 0 Å². The molecule has 5 rings (SSSR count). The van der Waals surface area contributed by atoms with Crippen LogP contribution < -0.4 is 4.90 Å². The van der Waals surface area contributed by atoms with Crippen molar-refractivity contribution in [2.45, 2.75) is 52.4 Å². The van der Waals surface area contributed by atoms with Gasteiger partial charge >= 0.3 is 0 Å². The van der Waals surface area contributed by atoms with E-state index in [-0.39, 0.29) is 10.8 Å². The number of rotatable bonds is 3. The smallest absolute Gasteiger partial charge is 0.0619 e. The van der Waals surface area contributed by atoms with E-state index in [0.717, 1.165) is 15.8 Å². The molecule has 0 unspecified atom stereocenters. The first-order chi connectivity index (χ1) is 17.1. The van der Waals surface area contributed by atoms with Gasteiger partial charge in [0, 0.05) is 26.6 Å². The molecule has 182 valence electrons. The molecule has 0 N–H and O–H groups in total. The Bertz CT molecular complexity index is 1420. The molecule has 0 saturated carbocycles. The first-order valence-corrected chi connectivity index (χ1v) is 13.5. The fraction of sp³-hybridized carbons (Fsp3) is 0.235. The molecule has 0 bridgehead atoms. The summed E-state index contributed by atoms with van der Waals surface area (Å²) in [5.74, 6) is 0. The van der Waals surface area contributed by atoms with Gasteiger partial charge in [0.25, 0.3) is 0 Å². The van der Waals surface area contributed by atoms with Crippen LogP contribution in [0.3, 0.4) is 0 Å². The number of nitrogens with zero attached hydrogens (tertiary/aromatic N) is 1. The zero-order valence-corrected chi connectivity index (χ0v) is 23.6. The summed E-state index contributed by atoms with van der Waals surface area (Å²) in [4.78, 5) is 2.43. The van der Waals surface area contributed by atoms with Crippen LogP contribution in [0.15, 0.2) is 102 Å². The molecule has 0 radical (unpaired) electrons. The summed E-state index contributed by atoms with van der Waals surface area (Å²) in [5.41, 5.74) is 6.40. The average Bonchev–Trinajstić information content (AvgIpc) is 2.86. The molecule has 0 amide bonds. The second-order valence-electron chi connectivity index (χ2n) is 11.7. The lowest BCUT2D eigenvalue weighted by molar-refractivity contribution is 0.590. The van der Waals surface area contributed by atoms with Gasteiger partial charge in [-0.1, -0.05) is 114 Å². The molecule has 0 fully saturated rings. The van der Waals surface area contributed by atoms with E-state index >= 15 is 0 Å². The van der Waals surface area contributed by atoms with E-state index in [9.17, 15) is 0 Å². The Morgan fingerprint density at radius 2 is 0.806 bits per heavy atom. The topological polar surface area (TPSA) is 3.24 Å². The molecule has 0 aliphatic rings. The van der Waals surface area contributed by atoms with Gasteiger partial charge in [0.15, 0.2) is 0 Å². The van der Waals surface area contributed by atoms with Crippen LogP contribution in [0.25, 0.3) is 21.5 Å². The van der Waals surface area contributed by atoms with Crippen molar-refractivity contribution >= 4 is 54.5 Å². The molecule has 0 aromatic heterocycles. The fourth-order valence-corrected chi connectivity index (χ4v) is 5.61. The van der Waals surface area contributed by atoms with E-state index in [1.54, 1.807) is 0 Å². The SMILES string of the molecule is CC(C)(C)c1ccc(N(c2ccc(C(C)(C)C)cc2)c2c3ccccc3c(Br)c3ccccc23)cc1. The van der Waals surface area contributed by atoms with E-state index in [2.05, 4.69) is 159 Å². The van der Waals surface area contributed by atoms with E-state index in [4.69, 9.17) is 0 Å². The van der Waals surface area contributed by atoms with Crippen LogP contribution in [0, 0.1) is 0 Å². The fourth-order valence-electron chi connectivity index (χ4n) is 4.92. The normalized spacial score (nSPS) is 12.3. The van der Waals surface area contributed by atoms with Crippen molar-refractivity contribution in [2.24, 2.45) is 0 Å². The van der Waals surface area contributed by atoms with Crippen molar-refractivity contribution < 1.29 is 0 Å². The largest absolute Gasteiger partial charge is 0.309 e. The molecule has 0 atom stereocenters. The minimum atomic E-state index is 0.106. The maximum atomic E-state index is 3.92. The van der Waals surface area contributed by atoms with Gasteiger partial charge in [0.1, 0.15) is 0 Å².